The molecule has 3 heterocycles. The minimum absolute atomic E-state index is 0.0601. The molecule has 0 aliphatic carbocycles. The van der Waals surface area contributed by atoms with E-state index in [9.17, 15) is 4.79 Å². The number of fused-ring (bicyclic) bond motifs is 1. The summed E-state index contributed by atoms with van der Waals surface area (Å²) in [6, 6.07) is 18.2. The molecule has 6 nitrogen and oxygen atoms in total. The van der Waals surface area contributed by atoms with Gasteiger partial charge in [-0.25, -0.2) is 4.98 Å². The topological polar surface area (TPSA) is 61.5 Å². The lowest BCUT2D eigenvalue weighted by molar-refractivity contribution is 0.244. The zero-order chi connectivity index (χ0) is 21.2. The van der Waals surface area contributed by atoms with Gasteiger partial charge < -0.3 is 14.6 Å². The van der Waals surface area contributed by atoms with Crippen LogP contribution in [0.5, 0.6) is 5.75 Å². The van der Waals surface area contributed by atoms with Gasteiger partial charge in [-0.3, -0.25) is 9.69 Å². The van der Waals surface area contributed by atoms with E-state index in [1.54, 1.807) is 7.11 Å². The minimum Gasteiger partial charge on any atom is -0.497 e. The van der Waals surface area contributed by atoms with Crippen molar-refractivity contribution < 1.29 is 4.74 Å². The Morgan fingerprint density at radius 3 is 2.65 bits per heavy atom. The van der Waals surface area contributed by atoms with Crippen molar-refractivity contribution in [1.29, 1.82) is 0 Å². The predicted octanol–water partition coefficient (Wildman–Crippen LogP) is 3.98. The minimum atomic E-state index is -0.0601. The molecule has 2 aromatic heterocycles. The number of thiophene rings is 1. The molecule has 0 amide bonds. The lowest BCUT2D eigenvalue weighted by atomic mass is 10.1. The third-order valence-electron chi connectivity index (χ3n) is 5.74. The number of hydrogen-bond donors (Lipinski definition) is 1. The van der Waals surface area contributed by atoms with Gasteiger partial charge >= 0.3 is 0 Å². The number of aromatic amines is 1. The number of anilines is 1. The summed E-state index contributed by atoms with van der Waals surface area (Å²) in [6.45, 7) is 4.33. The number of aromatic nitrogens is 2. The number of ether oxygens (including phenoxy) is 1. The fourth-order valence-electron chi connectivity index (χ4n) is 4.08. The molecule has 0 atom stereocenters. The number of nitrogens with one attached hydrogen (secondary N) is 1. The van der Waals surface area contributed by atoms with Gasteiger partial charge in [0, 0.05) is 48.9 Å². The highest BCUT2D eigenvalue weighted by Gasteiger charge is 2.19. The van der Waals surface area contributed by atoms with Crippen LogP contribution in [0.15, 0.2) is 64.8 Å². The largest absolute Gasteiger partial charge is 0.497 e. The fraction of sp³-hybridized carbons (Fsp3) is 0.250. The predicted molar refractivity (Wildman–Crippen MR) is 126 cm³/mol. The van der Waals surface area contributed by atoms with Gasteiger partial charge in [0.1, 0.15) is 16.4 Å². The van der Waals surface area contributed by atoms with Gasteiger partial charge in [0.25, 0.3) is 5.56 Å². The van der Waals surface area contributed by atoms with E-state index in [-0.39, 0.29) is 5.56 Å². The van der Waals surface area contributed by atoms with Crippen LogP contribution in [-0.4, -0.2) is 48.2 Å². The third kappa shape index (κ3) is 4.06. The van der Waals surface area contributed by atoms with Crippen molar-refractivity contribution >= 4 is 27.2 Å². The number of piperazine rings is 1. The summed E-state index contributed by atoms with van der Waals surface area (Å²) in [5.41, 5.74) is 3.12. The van der Waals surface area contributed by atoms with E-state index in [0.717, 1.165) is 53.7 Å². The molecule has 0 spiro atoms. The van der Waals surface area contributed by atoms with Gasteiger partial charge in [-0.1, -0.05) is 36.4 Å². The van der Waals surface area contributed by atoms with Crippen molar-refractivity contribution in [3.05, 3.63) is 76.2 Å². The van der Waals surface area contributed by atoms with E-state index in [1.807, 2.05) is 47.8 Å². The van der Waals surface area contributed by atoms with Crippen molar-refractivity contribution in [2.24, 2.45) is 0 Å². The van der Waals surface area contributed by atoms with Gasteiger partial charge in [-0.05, 0) is 17.7 Å². The van der Waals surface area contributed by atoms with Crippen LogP contribution in [0.2, 0.25) is 0 Å². The molecule has 5 rings (SSSR count). The van der Waals surface area contributed by atoms with E-state index >= 15 is 0 Å². The maximum absolute atomic E-state index is 12.9. The van der Waals surface area contributed by atoms with Gasteiger partial charge in [0.05, 0.1) is 19.0 Å². The molecule has 1 N–H and O–H groups in total. The summed E-state index contributed by atoms with van der Waals surface area (Å²) in [5, 5.41) is 2.71. The first-order chi connectivity index (χ1) is 15.2. The van der Waals surface area contributed by atoms with Crippen LogP contribution in [0, 0.1) is 0 Å². The SMILES string of the molecule is COc1cccc(N2CCN(Cc3nc4scc(-c5ccccc5)c4c(=O)[nH]3)CC2)c1. The molecular formula is C24H24N4O2S. The maximum atomic E-state index is 12.9. The number of H-pyrrole nitrogens is 1. The van der Waals surface area contributed by atoms with E-state index < -0.39 is 0 Å². The second-order valence-corrected chi connectivity index (χ2v) is 8.53. The molecule has 2 aromatic carbocycles. The average molecular weight is 433 g/mol. The van der Waals surface area contributed by atoms with Crippen molar-refractivity contribution in [1.82, 2.24) is 14.9 Å². The zero-order valence-corrected chi connectivity index (χ0v) is 18.2. The Balaban J connectivity index is 1.30. The Kier molecular flexibility index (Phi) is 5.44. The van der Waals surface area contributed by atoms with Crippen LogP contribution in [-0.2, 0) is 6.54 Å². The summed E-state index contributed by atoms with van der Waals surface area (Å²) in [7, 11) is 1.69. The van der Waals surface area contributed by atoms with Crippen LogP contribution >= 0.6 is 11.3 Å². The Morgan fingerprint density at radius 2 is 1.87 bits per heavy atom. The first-order valence-electron chi connectivity index (χ1n) is 10.4. The smallest absolute Gasteiger partial charge is 0.260 e. The summed E-state index contributed by atoms with van der Waals surface area (Å²) in [5.74, 6) is 1.61. The van der Waals surface area contributed by atoms with Crippen molar-refractivity contribution in [2.45, 2.75) is 6.54 Å². The Labute approximate surface area is 184 Å². The van der Waals surface area contributed by atoms with Gasteiger partial charge in [-0.2, -0.15) is 0 Å². The molecule has 31 heavy (non-hydrogen) atoms. The van der Waals surface area contributed by atoms with Crippen LogP contribution in [0.1, 0.15) is 5.82 Å². The molecule has 158 valence electrons. The molecule has 1 aliphatic rings. The van der Waals surface area contributed by atoms with Gasteiger partial charge in [0.2, 0.25) is 0 Å². The van der Waals surface area contributed by atoms with Gasteiger partial charge in [0.15, 0.2) is 0 Å². The normalized spacial score (nSPS) is 14.8. The summed E-state index contributed by atoms with van der Waals surface area (Å²) in [4.78, 5) is 26.2. The summed E-state index contributed by atoms with van der Waals surface area (Å²) in [6.07, 6.45) is 0. The van der Waals surface area contributed by atoms with Crippen LogP contribution in [0.4, 0.5) is 5.69 Å². The molecule has 0 radical (unpaired) electrons. The van der Waals surface area contributed by atoms with Crippen LogP contribution in [0.25, 0.3) is 21.3 Å². The molecule has 0 bridgehead atoms. The quantitative estimate of drug-likeness (QED) is 0.517. The fourth-order valence-corrected chi connectivity index (χ4v) is 5.05. The maximum Gasteiger partial charge on any atom is 0.260 e. The number of hydrogen-bond acceptors (Lipinski definition) is 6. The monoisotopic (exact) mass is 432 g/mol. The molecule has 1 fully saturated rings. The van der Waals surface area contributed by atoms with E-state index in [2.05, 4.69) is 26.9 Å². The molecule has 1 saturated heterocycles. The molecule has 7 heteroatoms. The number of methoxy groups -OCH3 is 1. The summed E-state index contributed by atoms with van der Waals surface area (Å²) >= 11 is 1.53. The van der Waals surface area contributed by atoms with E-state index in [0.29, 0.717) is 11.9 Å². The lowest BCUT2D eigenvalue weighted by Crippen LogP contribution is -2.46. The summed E-state index contributed by atoms with van der Waals surface area (Å²) < 4.78 is 5.34. The first-order valence-corrected chi connectivity index (χ1v) is 11.3. The molecule has 1 aliphatic heterocycles. The Hall–Kier alpha value is -3.16. The zero-order valence-electron chi connectivity index (χ0n) is 17.4. The second kappa shape index (κ2) is 8.53. The van der Waals surface area contributed by atoms with Crippen molar-refractivity contribution in [3.8, 4) is 16.9 Å². The highest BCUT2D eigenvalue weighted by atomic mass is 32.1. The number of rotatable bonds is 5. The number of benzene rings is 2. The second-order valence-electron chi connectivity index (χ2n) is 7.67. The van der Waals surface area contributed by atoms with Crippen LogP contribution < -0.4 is 15.2 Å². The molecule has 0 saturated carbocycles. The van der Waals surface area contributed by atoms with Crippen LogP contribution in [0.3, 0.4) is 0 Å². The Morgan fingerprint density at radius 1 is 1.06 bits per heavy atom. The van der Waals surface area contributed by atoms with Crippen molar-refractivity contribution in [2.75, 3.05) is 38.2 Å². The molecule has 0 unspecified atom stereocenters. The van der Waals surface area contributed by atoms with Crippen molar-refractivity contribution in [3.63, 3.8) is 0 Å². The standard InChI is InChI=1S/C24H24N4O2S/c1-30-19-9-5-8-18(14-19)28-12-10-27(11-13-28)15-21-25-23(29)22-20(16-31-24(22)26-21)17-6-3-2-4-7-17/h2-9,14,16H,10-13,15H2,1H3,(H,25,26,29). The number of nitrogens with zero attached hydrogens (tertiary/aromatic N) is 3. The van der Waals surface area contributed by atoms with E-state index in [1.165, 1.54) is 17.0 Å². The average Bonchev–Trinajstić information content (AvgIpc) is 3.25. The van der Waals surface area contributed by atoms with Gasteiger partial charge in [-0.15, -0.1) is 11.3 Å². The first kappa shape index (κ1) is 19.8. The highest BCUT2D eigenvalue weighted by Crippen LogP contribution is 2.30. The molecule has 4 aromatic rings. The molecular weight excluding hydrogens is 408 g/mol. The highest BCUT2D eigenvalue weighted by molar-refractivity contribution is 7.17. The van der Waals surface area contributed by atoms with E-state index in [4.69, 9.17) is 9.72 Å². The third-order valence-corrected chi connectivity index (χ3v) is 6.61. The lowest BCUT2D eigenvalue weighted by Gasteiger charge is -2.35. The Bertz CT molecular complexity index is 1240.